The van der Waals surface area contributed by atoms with Crippen LogP contribution in [0.25, 0.3) is 0 Å². The van der Waals surface area contributed by atoms with Crippen LogP contribution in [0.4, 0.5) is 0 Å². The van der Waals surface area contributed by atoms with E-state index in [9.17, 15) is 0 Å². The van der Waals surface area contributed by atoms with Crippen molar-refractivity contribution >= 4 is 0 Å². The van der Waals surface area contributed by atoms with Crippen LogP contribution in [-0.4, -0.2) is 37.6 Å². The Morgan fingerprint density at radius 3 is 2.88 bits per heavy atom. The van der Waals surface area contributed by atoms with Crippen molar-refractivity contribution in [2.45, 2.75) is 12.5 Å². The van der Waals surface area contributed by atoms with E-state index in [1.165, 1.54) is 5.56 Å². The highest BCUT2D eigenvalue weighted by Gasteiger charge is 2.22. The molecule has 1 aliphatic rings. The first kappa shape index (κ1) is 11.6. The van der Waals surface area contributed by atoms with Crippen LogP contribution in [0, 0.1) is 0 Å². The number of benzene rings is 1. The Morgan fingerprint density at radius 2 is 2.12 bits per heavy atom. The maximum Gasteiger partial charge on any atom is 0.0473 e. The van der Waals surface area contributed by atoms with Crippen LogP contribution >= 0.6 is 0 Å². The van der Waals surface area contributed by atoms with Gasteiger partial charge in [0, 0.05) is 32.2 Å². The van der Waals surface area contributed by atoms with Gasteiger partial charge in [-0.25, -0.2) is 0 Å². The van der Waals surface area contributed by atoms with Gasteiger partial charge in [-0.3, -0.25) is 4.90 Å². The van der Waals surface area contributed by atoms with Crippen LogP contribution in [0.5, 0.6) is 0 Å². The van der Waals surface area contributed by atoms with Gasteiger partial charge in [0.1, 0.15) is 0 Å². The smallest absolute Gasteiger partial charge is 0.0473 e. The van der Waals surface area contributed by atoms with Crippen molar-refractivity contribution in [3.63, 3.8) is 0 Å². The standard InChI is InChI=1S/C13H21N3/c14-7-4-9-16-10-8-15-11-13(16)12-5-2-1-3-6-12/h1-3,5-6,13,15H,4,7-11,14H2. The average Bonchev–Trinajstić information content (AvgIpc) is 2.38. The molecule has 0 radical (unpaired) electrons. The van der Waals surface area contributed by atoms with Gasteiger partial charge in [0.15, 0.2) is 0 Å². The van der Waals surface area contributed by atoms with Gasteiger partial charge in [-0.2, -0.15) is 0 Å². The Hall–Kier alpha value is -0.900. The van der Waals surface area contributed by atoms with Crippen molar-refractivity contribution in [3.05, 3.63) is 35.9 Å². The molecule has 1 aliphatic heterocycles. The Labute approximate surface area is 97.6 Å². The van der Waals surface area contributed by atoms with Gasteiger partial charge in [-0.15, -0.1) is 0 Å². The van der Waals surface area contributed by atoms with Gasteiger partial charge in [0.25, 0.3) is 0 Å². The highest BCUT2D eigenvalue weighted by atomic mass is 15.2. The molecule has 0 aromatic heterocycles. The topological polar surface area (TPSA) is 41.3 Å². The SMILES string of the molecule is NCCCN1CCNCC1c1ccccc1. The fourth-order valence-electron chi connectivity index (χ4n) is 2.31. The molecule has 0 amide bonds. The van der Waals surface area contributed by atoms with Crippen LogP contribution < -0.4 is 11.1 Å². The molecule has 3 nitrogen and oxygen atoms in total. The molecular weight excluding hydrogens is 198 g/mol. The molecule has 1 heterocycles. The summed E-state index contributed by atoms with van der Waals surface area (Å²) in [6.45, 7) is 5.16. The summed E-state index contributed by atoms with van der Waals surface area (Å²) in [6.07, 6.45) is 1.09. The predicted molar refractivity (Wildman–Crippen MR) is 67.3 cm³/mol. The third-order valence-electron chi connectivity index (χ3n) is 3.19. The first-order chi connectivity index (χ1) is 7.92. The van der Waals surface area contributed by atoms with E-state index in [-0.39, 0.29) is 0 Å². The molecule has 16 heavy (non-hydrogen) atoms. The molecule has 1 fully saturated rings. The van der Waals surface area contributed by atoms with E-state index >= 15 is 0 Å². The highest BCUT2D eigenvalue weighted by Crippen LogP contribution is 2.21. The molecule has 0 aliphatic carbocycles. The zero-order valence-electron chi connectivity index (χ0n) is 9.73. The Balaban J connectivity index is 2.04. The van der Waals surface area contributed by atoms with Crippen LogP contribution in [0.15, 0.2) is 30.3 Å². The summed E-state index contributed by atoms with van der Waals surface area (Å²) in [5.74, 6) is 0. The van der Waals surface area contributed by atoms with Crippen LogP contribution in [0.1, 0.15) is 18.0 Å². The fourth-order valence-corrected chi connectivity index (χ4v) is 2.31. The van der Waals surface area contributed by atoms with Crippen molar-refractivity contribution in [3.8, 4) is 0 Å². The quantitative estimate of drug-likeness (QED) is 0.793. The van der Waals surface area contributed by atoms with E-state index in [0.29, 0.717) is 6.04 Å². The third kappa shape index (κ3) is 2.82. The lowest BCUT2D eigenvalue weighted by Crippen LogP contribution is -2.46. The maximum absolute atomic E-state index is 5.59. The molecule has 1 aromatic carbocycles. The number of nitrogens with zero attached hydrogens (tertiary/aromatic N) is 1. The molecule has 0 spiro atoms. The minimum atomic E-state index is 0.515. The largest absolute Gasteiger partial charge is 0.330 e. The lowest BCUT2D eigenvalue weighted by molar-refractivity contribution is 0.161. The number of rotatable bonds is 4. The van der Waals surface area contributed by atoms with Crippen molar-refractivity contribution in [1.82, 2.24) is 10.2 Å². The lowest BCUT2D eigenvalue weighted by Gasteiger charge is -2.36. The summed E-state index contributed by atoms with van der Waals surface area (Å²) in [6, 6.07) is 11.3. The summed E-state index contributed by atoms with van der Waals surface area (Å²) in [7, 11) is 0. The fraction of sp³-hybridized carbons (Fsp3) is 0.538. The zero-order valence-corrected chi connectivity index (χ0v) is 9.73. The minimum absolute atomic E-state index is 0.515. The van der Waals surface area contributed by atoms with E-state index in [2.05, 4.69) is 40.5 Å². The molecule has 1 aromatic rings. The average molecular weight is 219 g/mol. The van der Waals surface area contributed by atoms with Gasteiger partial charge < -0.3 is 11.1 Å². The van der Waals surface area contributed by atoms with Gasteiger partial charge >= 0.3 is 0 Å². The Morgan fingerprint density at radius 1 is 1.31 bits per heavy atom. The van der Waals surface area contributed by atoms with Gasteiger partial charge in [0.05, 0.1) is 0 Å². The molecule has 1 saturated heterocycles. The summed E-state index contributed by atoms with van der Waals surface area (Å²) in [4.78, 5) is 2.54. The highest BCUT2D eigenvalue weighted by molar-refractivity contribution is 5.20. The minimum Gasteiger partial charge on any atom is -0.330 e. The van der Waals surface area contributed by atoms with Gasteiger partial charge in [-0.05, 0) is 18.5 Å². The van der Waals surface area contributed by atoms with Gasteiger partial charge in [-0.1, -0.05) is 30.3 Å². The summed E-state index contributed by atoms with van der Waals surface area (Å²) in [5, 5.41) is 3.47. The van der Waals surface area contributed by atoms with Crippen LogP contribution in [0.2, 0.25) is 0 Å². The second-order valence-electron chi connectivity index (χ2n) is 4.31. The van der Waals surface area contributed by atoms with Crippen LogP contribution in [-0.2, 0) is 0 Å². The number of hydrogen-bond acceptors (Lipinski definition) is 3. The summed E-state index contributed by atoms with van der Waals surface area (Å²) in [5.41, 5.74) is 7.00. The van der Waals surface area contributed by atoms with Crippen molar-refractivity contribution in [2.24, 2.45) is 5.73 Å². The van der Waals surface area contributed by atoms with E-state index in [4.69, 9.17) is 5.73 Å². The number of hydrogen-bond donors (Lipinski definition) is 2. The molecule has 0 saturated carbocycles. The van der Waals surface area contributed by atoms with E-state index < -0.39 is 0 Å². The van der Waals surface area contributed by atoms with E-state index in [1.807, 2.05) is 0 Å². The van der Waals surface area contributed by atoms with E-state index in [0.717, 1.165) is 39.1 Å². The number of nitrogens with two attached hydrogens (primary N) is 1. The van der Waals surface area contributed by atoms with Gasteiger partial charge in [0.2, 0.25) is 0 Å². The third-order valence-corrected chi connectivity index (χ3v) is 3.19. The normalized spacial score (nSPS) is 22.2. The Kier molecular flexibility index (Phi) is 4.34. The monoisotopic (exact) mass is 219 g/mol. The van der Waals surface area contributed by atoms with Crippen molar-refractivity contribution < 1.29 is 0 Å². The molecule has 1 unspecified atom stereocenters. The molecular formula is C13H21N3. The number of piperazine rings is 1. The number of nitrogens with one attached hydrogen (secondary N) is 1. The molecule has 3 heteroatoms. The second-order valence-corrected chi connectivity index (χ2v) is 4.31. The summed E-state index contributed by atoms with van der Waals surface area (Å²) < 4.78 is 0. The van der Waals surface area contributed by atoms with Crippen molar-refractivity contribution in [2.75, 3.05) is 32.7 Å². The second kappa shape index (κ2) is 5.99. The first-order valence-corrected chi connectivity index (χ1v) is 6.11. The van der Waals surface area contributed by atoms with Crippen molar-refractivity contribution in [1.29, 1.82) is 0 Å². The predicted octanol–water partition coefficient (Wildman–Crippen LogP) is 0.982. The Bertz CT molecular complexity index is 299. The maximum atomic E-state index is 5.59. The molecule has 1 atom stereocenters. The molecule has 88 valence electrons. The van der Waals surface area contributed by atoms with E-state index in [1.54, 1.807) is 0 Å². The molecule has 3 N–H and O–H groups in total. The zero-order chi connectivity index (χ0) is 11.2. The summed E-state index contributed by atoms with van der Waals surface area (Å²) >= 11 is 0. The molecule has 0 bridgehead atoms. The first-order valence-electron chi connectivity index (χ1n) is 6.11. The molecule has 2 rings (SSSR count). The van der Waals surface area contributed by atoms with Crippen LogP contribution in [0.3, 0.4) is 0 Å². The lowest BCUT2D eigenvalue weighted by atomic mass is 10.0.